The van der Waals surface area contributed by atoms with Crippen molar-refractivity contribution in [3.05, 3.63) is 88.3 Å². The number of aromatic nitrogens is 6. The number of carbonyl (C=O) groups is 4. The average Bonchev–Trinajstić information content (AvgIpc) is 4.20. The molecule has 5 aliphatic rings. The summed E-state index contributed by atoms with van der Waals surface area (Å²) in [6, 6.07) is 15.4. The van der Waals surface area contributed by atoms with Gasteiger partial charge in [-0.05, 0) is 106 Å². The number of nitrogens with one attached hydrogen (secondary N) is 4. The fourth-order valence-corrected chi connectivity index (χ4v) is 13.2. The maximum Gasteiger partial charge on any atom is 0.246 e. The Bertz CT molecular complexity index is 3090. The molecule has 17 nitrogen and oxygen atoms in total. The van der Waals surface area contributed by atoms with Crippen LogP contribution in [0.2, 0.25) is 0 Å². The van der Waals surface area contributed by atoms with Gasteiger partial charge in [0.15, 0.2) is 5.01 Å². The summed E-state index contributed by atoms with van der Waals surface area (Å²) in [5.74, 6) is -2.40. The van der Waals surface area contributed by atoms with Crippen LogP contribution in [0.25, 0.3) is 37.9 Å². The molecule has 6 atom stereocenters. The van der Waals surface area contributed by atoms with Crippen LogP contribution in [-0.4, -0.2) is 101 Å². The summed E-state index contributed by atoms with van der Waals surface area (Å²) >= 11 is 3.16. The quantitative estimate of drug-likeness (QED) is 0.0779. The van der Waals surface area contributed by atoms with Crippen molar-refractivity contribution in [2.45, 2.75) is 128 Å². The fourth-order valence-electron chi connectivity index (χ4n) is 11.2. The molecule has 2 bridgehead atoms. The molecule has 4 saturated carbocycles. The number of rotatable bonds is 13. The standard InChI is InChI=1S/C53H60N12O5S2/c1-29(32-7-9-33(10-8-32)43-30(2)57-28-71-43)59-47(69)42-22-35(66)27-64(42)49(70)44(51(3,4)5)60-45(67)36-12-13-37(36)46(68)61-53-18-15-52(16-19-53,17-20-53)50-63-62-48(72-50)38-26-56-40(23-39(38)55-6)41-14-11-34-21-31(24-54)25-58-65(34)41/h7-11,14,21,23,25-26,28-29,35-37,42,44,66H,12-13,15-20,22,27H2,1-6H3,(H,55,56)(H,59,69)(H,60,67)(H,61,68)/t29-,35+,36?,37?,42-,44+,52?,53?/m0/s1. The minimum Gasteiger partial charge on any atom is -0.391 e. The Hall–Kier alpha value is -6.62. The highest BCUT2D eigenvalue weighted by atomic mass is 32.1. The highest BCUT2D eigenvalue weighted by Gasteiger charge is 2.54. The molecule has 5 fully saturated rings. The fraction of sp³-hybridized carbons (Fsp3) is 0.472. The SMILES string of the molecule is CNc1cc(-c2ccc3cc(C#N)cnn23)ncc1-c1nnc(C23CCC(NC(=O)C4CCC4C(=O)N[C@H](C(=O)N4C[C@H](O)C[C@H]4C(=O)N[C@@H](C)c4ccc(-c5scnc5C)cc4)C(C)(C)C)(CC2)CC3)s1. The number of hydrogen-bond donors (Lipinski definition) is 5. The Morgan fingerprint density at radius 3 is 2.28 bits per heavy atom. The van der Waals surface area contributed by atoms with E-state index in [1.807, 2.05) is 95.8 Å². The number of amides is 4. The molecule has 1 saturated heterocycles. The van der Waals surface area contributed by atoms with Gasteiger partial charge in [-0.2, -0.15) is 10.4 Å². The lowest BCUT2D eigenvalue weighted by Gasteiger charge is -2.53. The number of anilines is 1. The number of nitrogens with zero attached hydrogens (tertiary/aromatic N) is 8. The van der Waals surface area contributed by atoms with E-state index in [4.69, 9.17) is 10.1 Å². The normalized spacial score (nSPS) is 24.5. The number of thiazole rings is 1. The number of benzene rings is 1. The summed E-state index contributed by atoms with van der Waals surface area (Å²) in [5, 5.41) is 48.6. The van der Waals surface area contributed by atoms with Gasteiger partial charge in [-0.15, -0.1) is 21.5 Å². The Morgan fingerprint density at radius 2 is 1.62 bits per heavy atom. The summed E-state index contributed by atoms with van der Waals surface area (Å²) in [6.45, 7) is 9.42. The van der Waals surface area contributed by atoms with Crippen molar-refractivity contribution >= 4 is 57.5 Å². The second-order valence-corrected chi connectivity index (χ2v) is 23.2. The van der Waals surface area contributed by atoms with Crippen LogP contribution in [-0.2, 0) is 24.6 Å². The lowest BCUT2D eigenvalue weighted by molar-refractivity contribution is -0.148. The van der Waals surface area contributed by atoms with Crippen LogP contribution in [0.15, 0.2) is 66.4 Å². The molecule has 19 heteroatoms. The van der Waals surface area contributed by atoms with Crippen LogP contribution in [0.1, 0.15) is 113 Å². The van der Waals surface area contributed by atoms with Crippen LogP contribution in [0.3, 0.4) is 0 Å². The van der Waals surface area contributed by atoms with E-state index in [1.54, 1.807) is 39.5 Å². The topological polar surface area (TPSA) is 233 Å². The van der Waals surface area contributed by atoms with E-state index in [0.717, 1.165) is 98.4 Å². The molecule has 374 valence electrons. The summed E-state index contributed by atoms with van der Waals surface area (Å²) < 4.78 is 1.77. The van der Waals surface area contributed by atoms with Gasteiger partial charge in [0.05, 0.1) is 62.5 Å². The Kier molecular flexibility index (Phi) is 13.0. The van der Waals surface area contributed by atoms with E-state index in [9.17, 15) is 29.5 Å². The molecule has 4 amide bonds. The minimum absolute atomic E-state index is 0.0316. The lowest BCUT2D eigenvalue weighted by Crippen LogP contribution is -2.62. The molecule has 0 radical (unpaired) electrons. The van der Waals surface area contributed by atoms with Gasteiger partial charge in [0, 0.05) is 54.7 Å². The third kappa shape index (κ3) is 9.13. The van der Waals surface area contributed by atoms with E-state index in [0.29, 0.717) is 18.4 Å². The summed E-state index contributed by atoms with van der Waals surface area (Å²) in [5.41, 5.74) is 8.00. The molecule has 6 heterocycles. The third-order valence-corrected chi connectivity index (χ3v) is 18.0. The van der Waals surface area contributed by atoms with Crippen molar-refractivity contribution in [2.24, 2.45) is 17.3 Å². The number of likely N-dealkylation sites (tertiary alicyclic amines) is 1. The molecule has 4 aliphatic carbocycles. The first-order chi connectivity index (χ1) is 34.5. The summed E-state index contributed by atoms with van der Waals surface area (Å²) in [4.78, 5) is 68.2. The van der Waals surface area contributed by atoms with Gasteiger partial charge in [0.1, 0.15) is 23.2 Å². The number of fused-ring (bicyclic) bond motifs is 4. The first kappa shape index (κ1) is 49.0. The number of β-amino-alcohol motifs (C(OH)–C–C–N with tert-alkyl or cyclic N) is 1. The third-order valence-electron chi connectivity index (χ3n) is 15.8. The molecular weight excluding hydrogens is 949 g/mol. The number of carbonyl (C=O) groups excluding carboxylic acids is 4. The zero-order valence-electron chi connectivity index (χ0n) is 41.4. The second-order valence-electron chi connectivity index (χ2n) is 21.4. The van der Waals surface area contributed by atoms with E-state index < -0.39 is 41.3 Å². The molecule has 5 N–H and O–H groups in total. The van der Waals surface area contributed by atoms with Gasteiger partial charge in [-0.3, -0.25) is 24.2 Å². The Balaban J connectivity index is 0.750. The van der Waals surface area contributed by atoms with E-state index in [-0.39, 0.29) is 47.7 Å². The second kappa shape index (κ2) is 19.1. The Labute approximate surface area is 426 Å². The number of aliphatic hydroxyl groups excluding tert-OH is 1. The van der Waals surface area contributed by atoms with Crippen molar-refractivity contribution in [1.82, 2.24) is 50.6 Å². The van der Waals surface area contributed by atoms with Crippen LogP contribution in [0, 0.1) is 35.5 Å². The zero-order chi connectivity index (χ0) is 50.7. The first-order valence-electron chi connectivity index (χ1n) is 24.8. The minimum atomic E-state index is -0.997. The van der Waals surface area contributed by atoms with Crippen molar-refractivity contribution in [3.8, 4) is 38.5 Å². The number of nitriles is 1. The zero-order valence-corrected chi connectivity index (χ0v) is 43.0. The summed E-state index contributed by atoms with van der Waals surface area (Å²) in [7, 11) is 1.86. The number of pyridine rings is 1. The van der Waals surface area contributed by atoms with Gasteiger partial charge in [-0.25, -0.2) is 9.50 Å². The van der Waals surface area contributed by atoms with Crippen LogP contribution >= 0.6 is 22.7 Å². The number of hydrogen-bond acceptors (Lipinski definition) is 14. The number of aliphatic hydroxyl groups is 1. The average molecular weight is 1010 g/mol. The van der Waals surface area contributed by atoms with Gasteiger partial charge < -0.3 is 31.3 Å². The van der Waals surface area contributed by atoms with Gasteiger partial charge in [-0.1, -0.05) is 56.4 Å². The molecule has 1 aliphatic heterocycles. The van der Waals surface area contributed by atoms with Crippen molar-refractivity contribution in [3.63, 3.8) is 0 Å². The first-order valence-corrected chi connectivity index (χ1v) is 26.5. The Morgan fingerprint density at radius 1 is 0.903 bits per heavy atom. The molecule has 5 aromatic heterocycles. The molecule has 0 spiro atoms. The van der Waals surface area contributed by atoms with Crippen molar-refractivity contribution in [2.75, 3.05) is 18.9 Å². The largest absolute Gasteiger partial charge is 0.391 e. The van der Waals surface area contributed by atoms with E-state index in [1.165, 1.54) is 4.90 Å². The molecule has 6 aromatic rings. The smallest absolute Gasteiger partial charge is 0.246 e. The van der Waals surface area contributed by atoms with Gasteiger partial charge >= 0.3 is 0 Å². The molecular formula is C53H60N12O5S2. The van der Waals surface area contributed by atoms with Crippen LogP contribution in [0.5, 0.6) is 0 Å². The number of aryl methyl sites for hydroxylation is 1. The highest BCUT2D eigenvalue weighted by Crippen LogP contribution is 2.55. The van der Waals surface area contributed by atoms with Gasteiger partial charge in [0.25, 0.3) is 0 Å². The van der Waals surface area contributed by atoms with Crippen molar-refractivity contribution < 1.29 is 24.3 Å². The maximum absolute atomic E-state index is 14.5. The predicted octanol–water partition coefficient (Wildman–Crippen LogP) is 7.12. The predicted molar refractivity (Wildman–Crippen MR) is 274 cm³/mol. The molecule has 2 unspecified atom stereocenters. The van der Waals surface area contributed by atoms with Gasteiger partial charge in [0.2, 0.25) is 23.6 Å². The monoisotopic (exact) mass is 1010 g/mol. The maximum atomic E-state index is 14.5. The lowest BCUT2D eigenvalue weighted by atomic mass is 9.57. The molecule has 72 heavy (non-hydrogen) atoms. The van der Waals surface area contributed by atoms with Crippen molar-refractivity contribution in [1.29, 1.82) is 5.26 Å². The summed E-state index contributed by atoms with van der Waals surface area (Å²) in [6.07, 6.45) is 8.58. The van der Waals surface area contributed by atoms with E-state index in [2.05, 4.69) is 42.5 Å². The molecule has 11 rings (SSSR count). The molecule has 1 aromatic carbocycles. The van der Waals surface area contributed by atoms with Crippen LogP contribution in [0.4, 0.5) is 5.69 Å². The highest BCUT2D eigenvalue weighted by molar-refractivity contribution is 7.15. The van der Waals surface area contributed by atoms with E-state index >= 15 is 0 Å². The van der Waals surface area contributed by atoms with Crippen LogP contribution < -0.4 is 21.3 Å².